The zero-order valence-corrected chi connectivity index (χ0v) is 10.4. The second kappa shape index (κ2) is 4.73. The van der Waals surface area contributed by atoms with Gasteiger partial charge < -0.3 is 5.32 Å². The van der Waals surface area contributed by atoms with Gasteiger partial charge in [-0.3, -0.25) is 5.32 Å². The summed E-state index contributed by atoms with van der Waals surface area (Å²) < 4.78 is 0. The lowest BCUT2D eigenvalue weighted by Gasteiger charge is -2.11. The second-order valence-corrected chi connectivity index (χ2v) is 5.05. The van der Waals surface area contributed by atoms with Crippen LogP contribution in [0, 0.1) is 0 Å². The minimum Gasteiger partial charge on any atom is -0.334 e. The first-order valence-corrected chi connectivity index (χ1v) is 6.60. The van der Waals surface area contributed by atoms with Crippen LogP contribution in [-0.2, 0) is 12.8 Å². The van der Waals surface area contributed by atoms with E-state index in [1.807, 2.05) is 12.1 Å². The van der Waals surface area contributed by atoms with E-state index in [4.69, 9.17) is 0 Å². The fourth-order valence-electron chi connectivity index (χ4n) is 2.21. The molecule has 1 heterocycles. The van der Waals surface area contributed by atoms with E-state index in [1.54, 1.807) is 5.51 Å². The molecule has 6 heteroatoms. The zero-order chi connectivity index (χ0) is 12.4. The summed E-state index contributed by atoms with van der Waals surface area (Å²) in [6.45, 7) is 0. The van der Waals surface area contributed by atoms with Crippen LogP contribution in [0.2, 0.25) is 0 Å². The van der Waals surface area contributed by atoms with E-state index in [2.05, 4.69) is 33.0 Å². The van der Waals surface area contributed by atoms with E-state index in [-0.39, 0.29) is 12.1 Å². The van der Waals surface area contributed by atoms with Crippen LogP contribution >= 0.6 is 11.3 Å². The maximum atomic E-state index is 11.7. The summed E-state index contributed by atoms with van der Waals surface area (Å²) in [5.41, 5.74) is 4.22. The number of carbonyl (C=O) groups excluding carboxylic acids is 1. The van der Waals surface area contributed by atoms with Crippen molar-refractivity contribution in [3.63, 3.8) is 0 Å². The second-order valence-electron chi connectivity index (χ2n) is 4.22. The smallest absolute Gasteiger partial charge is 0.321 e. The average Bonchev–Trinajstić information content (AvgIpc) is 2.96. The van der Waals surface area contributed by atoms with Crippen molar-refractivity contribution < 1.29 is 4.79 Å². The van der Waals surface area contributed by atoms with Crippen LogP contribution in [0.5, 0.6) is 0 Å². The number of anilines is 1. The monoisotopic (exact) mass is 260 g/mol. The Morgan fingerprint density at radius 3 is 2.61 bits per heavy atom. The molecule has 1 aromatic carbocycles. The number of fused-ring (bicyclic) bond motifs is 1. The third-order valence-corrected chi connectivity index (χ3v) is 3.57. The van der Waals surface area contributed by atoms with Crippen molar-refractivity contribution >= 4 is 22.5 Å². The molecule has 0 unspecified atom stereocenters. The third kappa shape index (κ3) is 2.33. The van der Waals surface area contributed by atoms with Gasteiger partial charge in [0, 0.05) is 6.04 Å². The molecule has 0 atom stereocenters. The molecule has 1 aliphatic carbocycles. The molecular formula is C12H12N4OS. The molecule has 1 aromatic heterocycles. The molecule has 0 saturated heterocycles. The fraction of sp³-hybridized carbons (Fsp3) is 0.250. The van der Waals surface area contributed by atoms with Crippen molar-refractivity contribution in [3.8, 4) is 0 Å². The molecule has 18 heavy (non-hydrogen) atoms. The van der Waals surface area contributed by atoms with E-state index in [0.717, 1.165) is 12.8 Å². The summed E-state index contributed by atoms with van der Waals surface area (Å²) in [4.78, 5) is 11.7. The molecule has 0 bridgehead atoms. The molecule has 2 amide bonds. The highest BCUT2D eigenvalue weighted by molar-refractivity contribution is 7.13. The summed E-state index contributed by atoms with van der Waals surface area (Å²) in [6.07, 6.45) is 1.78. The van der Waals surface area contributed by atoms with Gasteiger partial charge >= 0.3 is 6.03 Å². The summed E-state index contributed by atoms with van der Waals surface area (Å²) in [5.74, 6) is 0. The van der Waals surface area contributed by atoms with Crippen LogP contribution in [0.1, 0.15) is 11.1 Å². The van der Waals surface area contributed by atoms with Gasteiger partial charge in [0.25, 0.3) is 0 Å². The number of hydrogen-bond donors (Lipinski definition) is 2. The quantitative estimate of drug-likeness (QED) is 0.865. The maximum Gasteiger partial charge on any atom is 0.321 e. The van der Waals surface area contributed by atoms with Gasteiger partial charge in [0.1, 0.15) is 5.51 Å². The van der Waals surface area contributed by atoms with Crippen LogP contribution in [0.15, 0.2) is 29.8 Å². The molecule has 2 N–H and O–H groups in total. The van der Waals surface area contributed by atoms with Crippen LogP contribution in [0.4, 0.5) is 9.93 Å². The van der Waals surface area contributed by atoms with Crippen molar-refractivity contribution in [1.82, 2.24) is 15.5 Å². The van der Waals surface area contributed by atoms with Gasteiger partial charge in [-0.2, -0.15) is 0 Å². The lowest BCUT2D eigenvalue weighted by molar-refractivity contribution is 0.249. The van der Waals surface area contributed by atoms with E-state index in [9.17, 15) is 4.79 Å². The van der Waals surface area contributed by atoms with Gasteiger partial charge in [-0.05, 0) is 24.0 Å². The van der Waals surface area contributed by atoms with Gasteiger partial charge in [-0.15, -0.1) is 10.2 Å². The van der Waals surface area contributed by atoms with Crippen LogP contribution in [0.3, 0.4) is 0 Å². The number of nitrogens with one attached hydrogen (secondary N) is 2. The average molecular weight is 260 g/mol. The van der Waals surface area contributed by atoms with Gasteiger partial charge in [0.05, 0.1) is 0 Å². The number of rotatable bonds is 2. The number of nitrogens with zero attached hydrogens (tertiary/aromatic N) is 2. The minimum atomic E-state index is -0.218. The van der Waals surface area contributed by atoms with Crippen LogP contribution < -0.4 is 10.6 Å². The highest BCUT2D eigenvalue weighted by Gasteiger charge is 2.22. The molecule has 92 valence electrons. The molecule has 2 aromatic rings. The highest BCUT2D eigenvalue weighted by atomic mass is 32.1. The van der Waals surface area contributed by atoms with E-state index in [0.29, 0.717) is 5.13 Å². The Kier molecular flexibility index (Phi) is 2.93. The molecule has 0 saturated carbocycles. The molecule has 1 aliphatic rings. The van der Waals surface area contributed by atoms with Gasteiger partial charge in [0.2, 0.25) is 5.13 Å². The topological polar surface area (TPSA) is 66.9 Å². The third-order valence-electron chi connectivity index (χ3n) is 2.97. The Morgan fingerprint density at radius 2 is 2.00 bits per heavy atom. The normalized spacial score (nSPS) is 14.2. The molecule has 0 fully saturated rings. The van der Waals surface area contributed by atoms with Crippen molar-refractivity contribution in [1.29, 1.82) is 0 Å². The number of benzene rings is 1. The Morgan fingerprint density at radius 1 is 1.28 bits per heavy atom. The van der Waals surface area contributed by atoms with Crippen LogP contribution in [-0.4, -0.2) is 22.3 Å². The Balaban J connectivity index is 1.58. The Bertz CT molecular complexity index is 530. The maximum absolute atomic E-state index is 11.7. The molecule has 0 spiro atoms. The number of carbonyl (C=O) groups is 1. The Hall–Kier alpha value is -1.95. The molecule has 5 nitrogen and oxygen atoms in total. The molecule has 0 radical (unpaired) electrons. The number of amides is 2. The van der Waals surface area contributed by atoms with Crippen molar-refractivity contribution in [2.75, 3.05) is 5.32 Å². The first-order chi connectivity index (χ1) is 8.81. The molecule has 3 rings (SSSR count). The van der Waals surface area contributed by atoms with Crippen molar-refractivity contribution in [2.24, 2.45) is 0 Å². The minimum absolute atomic E-state index is 0.162. The number of hydrogen-bond acceptors (Lipinski definition) is 4. The summed E-state index contributed by atoms with van der Waals surface area (Å²) in [6, 6.07) is 8.23. The standard InChI is InChI=1S/C12H12N4OS/c17-11(15-12-16-13-7-18-12)14-10-5-8-3-1-2-4-9(8)6-10/h1-4,7,10H,5-6H2,(H2,14,15,16,17). The first-order valence-electron chi connectivity index (χ1n) is 5.72. The lowest BCUT2D eigenvalue weighted by atomic mass is 10.1. The van der Waals surface area contributed by atoms with Gasteiger partial charge in [0.15, 0.2) is 0 Å². The lowest BCUT2D eigenvalue weighted by Crippen LogP contribution is -2.38. The summed E-state index contributed by atoms with van der Waals surface area (Å²) in [7, 11) is 0. The largest absolute Gasteiger partial charge is 0.334 e. The van der Waals surface area contributed by atoms with Crippen LogP contribution in [0.25, 0.3) is 0 Å². The summed E-state index contributed by atoms with van der Waals surface area (Å²) in [5, 5.41) is 13.6. The molecular weight excluding hydrogens is 248 g/mol. The number of urea groups is 1. The predicted octanol–water partition coefficient (Wildman–Crippen LogP) is 1.83. The predicted molar refractivity (Wildman–Crippen MR) is 69.7 cm³/mol. The highest BCUT2D eigenvalue weighted by Crippen LogP contribution is 2.21. The Labute approximate surface area is 108 Å². The zero-order valence-electron chi connectivity index (χ0n) is 9.59. The van der Waals surface area contributed by atoms with E-state index >= 15 is 0 Å². The summed E-state index contributed by atoms with van der Waals surface area (Å²) >= 11 is 1.30. The van der Waals surface area contributed by atoms with Gasteiger partial charge in [-0.1, -0.05) is 35.6 Å². The fourth-order valence-corrected chi connectivity index (χ4v) is 2.65. The molecule has 0 aliphatic heterocycles. The first kappa shape index (κ1) is 11.2. The van der Waals surface area contributed by atoms with E-state index in [1.165, 1.54) is 22.5 Å². The van der Waals surface area contributed by atoms with Crippen molar-refractivity contribution in [2.45, 2.75) is 18.9 Å². The van der Waals surface area contributed by atoms with Gasteiger partial charge in [-0.25, -0.2) is 4.79 Å². The number of aromatic nitrogens is 2. The van der Waals surface area contributed by atoms with E-state index < -0.39 is 0 Å². The SMILES string of the molecule is O=C(Nc1nncs1)NC1Cc2ccccc2C1. The van der Waals surface area contributed by atoms with Crippen molar-refractivity contribution in [3.05, 3.63) is 40.9 Å².